The van der Waals surface area contributed by atoms with Gasteiger partial charge in [-0.15, -0.1) is 0 Å². The Hall–Kier alpha value is -7.62. The Morgan fingerprint density at radius 2 is 0.649 bits per heavy atom. The molecule has 0 aliphatic carbocycles. The molecule has 3 nitrogen and oxygen atoms in total. The first-order chi connectivity index (χ1) is 28.3. The van der Waals surface area contributed by atoms with Gasteiger partial charge >= 0.3 is 0 Å². The molecule has 3 heteroatoms. The molecular formula is C54H39N3. The van der Waals surface area contributed by atoms with Crippen LogP contribution in [0.25, 0.3) is 66.1 Å². The minimum absolute atomic E-state index is 1.13. The highest BCUT2D eigenvalue weighted by Gasteiger charge is 2.18. The topological polar surface area (TPSA) is 13.1 Å². The molecule has 9 aromatic carbocycles. The molecular weight excluding hydrogens is 691 g/mol. The smallest absolute Gasteiger partial charge is 0.0541 e. The van der Waals surface area contributed by atoms with E-state index >= 15 is 0 Å². The Kier molecular flexibility index (Phi) is 8.86. The van der Waals surface area contributed by atoms with E-state index in [1.54, 1.807) is 0 Å². The predicted octanol–water partition coefficient (Wildman–Crippen LogP) is 14.7. The van der Waals surface area contributed by atoms with Crippen molar-refractivity contribution >= 4 is 60.7 Å². The summed E-state index contributed by atoms with van der Waals surface area (Å²) < 4.78 is 4.69. The summed E-state index contributed by atoms with van der Waals surface area (Å²) in [6.07, 6.45) is 0. The van der Waals surface area contributed by atoms with Crippen LogP contribution in [0.1, 0.15) is 0 Å². The van der Waals surface area contributed by atoms with E-state index in [4.69, 9.17) is 0 Å². The molecule has 11 rings (SSSR count). The predicted molar refractivity (Wildman–Crippen MR) is 242 cm³/mol. The third-order valence-electron chi connectivity index (χ3n) is 10.8. The zero-order chi connectivity index (χ0) is 38.0. The van der Waals surface area contributed by atoms with Crippen molar-refractivity contribution in [3.63, 3.8) is 0 Å². The van der Waals surface area contributed by atoms with Crippen molar-refractivity contribution in [3.8, 4) is 22.5 Å². The van der Waals surface area contributed by atoms with Gasteiger partial charge in [0.15, 0.2) is 0 Å². The average molecular weight is 730 g/mol. The third-order valence-corrected chi connectivity index (χ3v) is 10.8. The lowest BCUT2D eigenvalue weighted by molar-refractivity contribution is 1.18. The second-order valence-corrected chi connectivity index (χ2v) is 14.1. The van der Waals surface area contributed by atoms with Crippen LogP contribution in [0.2, 0.25) is 0 Å². The van der Waals surface area contributed by atoms with Gasteiger partial charge in [-0.2, -0.15) is 0 Å². The lowest BCUT2D eigenvalue weighted by Gasteiger charge is -2.27. The largest absolute Gasteiger partial charge is 0.310 e. The van der Waals surface area contributed by atoms with Gasteiger partial charge in [-0.05, 0) is 90.5 Å². The molecule has 0 amide bonds. The minimum Gasteiger partial charge on any atom is -0.310 e. The van der Waals surface area contributed by atoms with Crippen molar-refractivity contribution in [1.82, 2.24) is 9.13 Å². The van der Waals surface area contributed by atoms with Gasteiger partial charge in [0.25, 0.3) is 0 Å². The fourth-order valence-corrected chi connectivity index (χ4v) is 8.27. The summed E-state index contributed by atoms with van der Waals surface area (Å²) in [6, 6.07) is 83.7. The van der Waals surface area contributed by atoms with E-state index in [0.29, 0.717) is 0 Å². The Morgan fingerprint density at radius 3 is 1.14 bits per heavy atom. The third kappa shape index (κ3) is 6.22. The molecule has 11 aromatic rings. The number of rotatable bonds is 6. The molecule has 57 heavy (non-hydrogen) atoms. The van der Waals surface area contributed by atoms with Crippen molar-refractivity contribution in [2.45, 2.75) is 0 Å². The fourth-order valence-electron chi connectivity index (χ4n) is 8.27. The van der Waals surface area contributed by atoms with Crippen LogP contribution in [0.15, 0.2) is 237 Å². The van der Waals surface area contributed by atoms with Crippen LogP contribution < -0.4 is 4.90 Å². The number of para-hydroxylation sites is 8. The highest BCUT2D eigenvalue weighted by atomic mass is 15.1. The maximum atomic E-state index is 2.36. The summed E-state index contributed by atoms with van der Waals surface area (Å²) in [5.74, 6) is 0. The summed E-state index contributed by atoms with van der Waals surface area (Å²) >= 11 is 0. The number of aromatic nitrogens is 2. The molecule has 270 valence electrons. The van der Waals surface area contributed by atoms with Crippen LogP contribution in [-0.4, -0.2) is 9.13 Å². The van der Waals surface area contributed by atoms with E-state index in [2.05, 4.69) is 251 Å². The van der Waals surface area contributed by atoms with Gasteiger partial charge in [0.1, 0.15) is 0 Å². The first-order valence-electron chi connectivity index (χ1n) is 19.5. The highest BCUT2D eigenvalue weighted by Crippen LogP contribution is 2.42. The second-order valence-electron chi connectivity index (χ2n) is 14.1. The number of benzene rings is 9. The van der Waals surface area contributed by atoms with Crippen molar-refractivity contribution in [2.75, 3.05) is 4.90 Å². The first kappa shape index (κ1) is 33.9. The lowest BCUT2D eigenvalue weighted by atomic mass is 9.99. The first-order valence-corrected chi connectivity index (χ1v) is 19.5. The van der Waals surface area contributed by atoms with E-state index in [0.717, 1.165) is 17.1 Å². The molecule has 0 saturated carbocycles. The van der Waals surface area contributed by atoms with Gasteiger partial charge in [-0.1, -0.05) is 152 Å². The molecule has 0 bridgehead atoms. The average Bonchev–Trinajstić information content (AvgIpc) is 3.81. The van der Waals surface area contributed by atoms with E-state index in [9.17, 15) is 0 Å². The number of nitrogens with zero attached hydrogens (tertiary/aromatic N) is 3. The molecule has 0 spiro atoms. The maximum Gasteiger partial charge on any atom is 0.0541 e. The Bertz CT molecular complexity index is 3020. The summed E-state index contributed by atoms with van der Waals surface area (Å²) in [6.45, 7) is 0. The van der Waals surface area contributed by atoms with Crippen LogP contribution in [0.5, 0.6) is 0 Å². The van der Waals surface area contributed by atoms with Crippen molar-refractivity contribution in [1.29, 1.82) is 0 Å². The van der Waals surface area contributed by atoms with Crippen molar-refractivity contribution < 1.29 is 0 Å². The standard InChI is InChI=1S/C36H26N2.C18H13N/c1-4-14-28(15-5-1)37(29-16-6-2-7-17-29)34-22-12-10-20-31(34)27-24-25-36-33(26-27)32-21-11-13-23-35(32)38(36)30-18-8-3-9-19-30;1-2-8-14(9-3-1)19-17-12-6-4-10-15(17)16-11-5-7-13-18(16)19/h1-26H;1-13H. The monoisotopic (exact) mass is 729 g/mol. The Labute approximate surface area is 332 Å². The summed E-state index contributed by atoms with van der Waals surface area (Å²) in [7, 11) is 0. The van der Waals surface area contributed by atoms with Gasteiger partial charge in [0, 0.05) is 49.9 Å². The summed E-state index contributed by atoms with van der Waals surface area (Å²) in [5.41, 5.74) is 13.1. The molecule has 2 heterocycles. The van der Waals surface area contributed by atoms with Crippen LogP contribution in [0.4, 0.5) is 17.1 Å². The fraction of sp³-hybridized carbons (Fsp3) is 0. The van der Waals surface area contributed by atoms with Crippen LogP contribution in [0.3, 0.4) is 0 Å². The van der Waals surface area contributed by atoms with Gasteiger partial charge in [0.2, 0.25) is 0 Å². The van der Waals surface area contributed by atoms with E-state index in [1.165, 1.54) is 66.1 Å². The number of hydrogen-bond acceptors (Lipinski definition) is 1. The second kappa shape index (κ2) is 14.9. The molecule has 0 fully saturated rings. The summed E-state index contributed by atoms with van der Waals surface area (Å²) in [5, 5.41) is 5.13. The van der Waals surface area contributed by atoms with E-state index in [1.807, 2.05) is 0 Å². The molecule has 0 N–H and O–H groups in total. The Balaban J connectivity index is 0.000000174. The van der Waals surface area contributed by atoms with Gasteiger partial charge in [0.05, 0.1) is 27.8 Å². The molecule has 0 aliphatic rings. The Morgan fingerprint density at radius 1 is 0.281 bits per heavy atom. The number of anilines is 3. The summed E-state index contributed by atoms with van der Waals surface area (Å²) in [4.78, 5) is 2.34. The molecule has 0 aliphatic heterocycles. The molecule has 0 unspecified atom stereocenters. The van der Waals surface area contributed by atoms with Gasteiger partial charge < -0.3 is 14.0 Å². The van der Waals surface area contributed by atoms with Gasteiger partial charge in [-0.3, -0.25) is 0 Å². The quantitative estimate of drug-likeness (QED) is 0.166. The van der Waals surface area contributed by atoms with Crippen molar-refractivity contribution in [2.24, 2.45) is 0 Å². The molecule has 0 saturated heterocycles. The van der Waals surface area contributed by atoms with Crippen LogP contribution >= 0.6 is 0 Å². The van der Waals surface area contributed by atoms with Gasteiger partial charge in [-0.25, -0.2) is 0 Å². The normalized spacial score (nSPS) is 11.2. The number of fused-ring (bicyclic) bond motifs is 6. The van der Waals surface area contributed by atoms with E-state index in [-0.39, 0.29) is 0 Å². The highest BCUT2D eigenvalue weighted by molar-refractivity contribution is 6.11. The maximum absolute atomic E-state index is 2.36. The van der Waals surface area contributed by atoms with Crippen LogP contribution in [-0.2, 0) is 0 Å². The zero-order valence-corrected chi connectivity index (χ0v) is 31.4. The minimum atomic E-state index is 1.13. The van der Waals surface area contributed by atoms with Crippen molar-refractivity contribution in [3.05, 3.63) is 237 Å². The number of hydrogen-bond donors (Lipinski definition) is 0. The molecule has 0 radical (unpaired) electrons. The van der Waals surface area contributed by atoms with Crippen LogP contribution in [0, 0.1) is 0 Å². The lowest BCUT2D eigenvalue weighted by Crippen LogP contribution is -2.10. The zero-order valence-electron chi connectivity index (χ0n) is 31.4. The molecule has 2 aromatic heterocycles. The van der Waals surface area contributed by atoms with E-state index < -0.39 is 0 Å². The SMILES string of the molecule is c1ccc(-n2c3ccccc3c3ccccc32)cc1.c1ccc(N(c2ccccc2)c2ccccc2-c2ccc3c(c2)c2ccccc2n3-c2ccccc2)cc1. The molecule has 0 atom stereocenters.